The van der Waals surface area contributed by atoms with Crippen LogP contribution in [0.4, 0.5) is 5.69 Å². The van der Waals surface area contributed by atoms with Crippen molar-refractivity contribution < 1.29 is 0 Å². The third kappa shape index (κ3) is 2.69. The van der Waals surface area contributed by atoms with Crippen molar-refractivity contribution in [1.29, 1.82) is 0 Å². The standard InChI is InChI=1S/C16H24N2/c1-2-18(12-13-7-8-13)10-9-14-11-17-16-6-4-3-5-15(14)16/h3-6,13-14,17H,2,7-12H2,1H3. The van der Waals surface area contributed by atoms with Crippen LogP contribution in [0.25, 0.3) is 0 Å². The van der Waals surface area contributed by atoms with E-state index in [9.17, 15) is 0 Å². The summed E-state index contributed by atoms with van der Waals surface area (Å²) in [6.45, 7) is 7.22. The van der Waals surface area contributed by atoms with Crippen LogP contribution < -0.4 is 5.32 Å². The Balaban J connectivity index is 1.54. The molecule has 1 fully saturated rings. The molecule has 1 aromatic rings. The van der Waals surface area contributed by atoms with Crippen LogP contribution in [0.5, 0.6) is 0 Å². The van der Waals surface area contributed by atoms with Gasteiger partial charge in [0.1, 0.15) is 0 Å². The Morgan fingerprint density at radius 1 is 1.28 bits per heavy atom. The summed E-state index contributed by atoms with van der Waals surface area (Å²) in [5, 5.41) is 3.53. The maximum absolute atomic E-state index is 3.53. The second-order valence-electron chi connectivity index (χ2n) is 5.79. The van der Waals surface area contributed by atoms with E-state index in [2.05, 4.69) is 41.4 Å². The lowest BCUT2D eigenvalue weighted by Gasteiger charge is -2.22. The second kappa shape index (κ2) is 5.31. The lowest BCUT2D eigenvalue weighted by Crippen LogP contribution is -2.28. The van der Waals surface area contributed by atoms with Gasteiger partial charge in [-0.1, -0.05) is 25.1 Å². The molecular formula is C16H24N2. The number of fused-ring (bicyclic) bond motifs is 1. The molecule has 1 atom stereocenters. The first kappa shape index (κ1) is 12.0. The molecule has 1 aliphatic carbocycles. The molecule has 2 heteroatoms. The van der Waals surface area contributed by atoms with Crippen molar-refractivity contribution >= 4 is 5.69 Å². The molecule has 2 nitrogen and oxygen atoms in total. The van der Waals surface area contributed by atoms with Crippen LogP contribution >= 0.6 is 0 Å². The fourth-order valence-electron chi connectivity index (χ4n) is 3.00. The molecule has 98 valence electrons. The molecule has 0 radical (unpaired) electrons. The van der Waals surface area contributed by atoms with Crippen LogP contribution in [0.3, 0.4) is 0 Å². The van der Waals surface area contributed by atoms with Crippen molar-refractivity contribution in [2.45, 2.75) is 32.1 Å². The summed E-state index contributed by atoms with van der Waals surface area (Å²) < 4.78 is 0. The Bertz CT molecular complexity index is 398. The number of anilines is 1. The van der Waals surface area contributed by atoms with E-state index in [1.54, 1.807) is 0 Å². The van der Waals surface area contributed by atoms with Gasteiger partial charge in [-0.25, -0.2) is 0 Å². The van der Waals surface area contributed by atoms with E-state index in [0.717, 1.165) is 18.4 Å². The van der Waals surface area contributed by atoms with Gasteiger partial charge in [-0.05, 0) is 49.9 Å². The number of rotatable bonds is 6. The maximum Gasteiger partial charge on any atom is 0.0376 e. The minimum absolute atomic E-state index is 0.717. The fraction of sp³-hybridized carbons (Fsp3) is 0.625. The Kier molecular flexibility index (Phi) is 3.55. The summed E-state index contributed by atoms with van der Waals surface area (Å²) in [4.78, 5) is 2.64. The van der Waals surface area contributed by atoms with Crippen molar-refractivity contribution in [3.05, 3.63) is 29.8 Å². The molecule has 1 aliphatic heterocycles. The smallest absolute Gasteiger partial charge is 0.0376 e. The van der Waals surface area contributed by atoms with Gasteiger partial charge in [0.15, 0.2) is 0 Å². The lowest BCUT2D eigenvalue weighted by atomic mass is 9.98. The molecule has 1 heterocycles. The first-order valence-electron chi connectivity index (χ1n) is 7.42. The molecule has 0 saturated heterocycles. The highest BCUT2D eigenvalue weighted by atomic mass is 15.1. The quantitative estimate of drug-likeness (QED) is 0.826. The molecule has 2 aliphatic rings. The summed E-state index contributed by atoms with van der Waals surface area (Å²) in [7, 11) is 0. The molecule has 0 amide bonds. The van der Waals surface area contributed by atoms with E-state index in [-0.39, 0.29) is 0 Å². The lowest BCUT2D eigenvalue weighted by molar-refractivity contribution is 0.267. The average molecular weight is 244 g/mol. The van der Waals surface area contributed by atoms with Gasteiger partial charge in [-0.2, -0.15) is 0 Å². The number of para-hydroxylation sites is 1. The molecule has 0 aromatic heterocycles. The number of hydrogen-bond donors (Lipinski definition) is 1. The Hall–Kier alpha value is -1.02. The molecule has 18 heavy (non-hydrogen) atoms. The molecule has 3 rings (SSSR count). The van der Waals surface area contributed by atoms with Gasteiger partial charge in [0.2, 0.25) is 0 Å². The molecule has 1 N–H and O–H groups in total. The van der Waals surface area contributed by atoms with Gasteiger partial charge >= 0.3 is 0 Å². The van der Waals surface area contributed by atoms with Crippen LogP contribution in [0.1, 0.15) is 37.7 Å². The fourth-order valence-corrected chi connectivity index (χ4v) is 3.00. The normalized spacial score (nSPS) is 22.0. The van der Waals surface area contributed by atoms with Crippen LogP contribution in [-0.2, 0) is 0 Å². The molecule has 1 aromatic carbocycles. The Morgan fingerprint density at radius 3 is 2.89 bits per heavy atom. The SMILES string of the molecule is CCN(CCC1CNc2ccccc21)CC1CC1. The van der Waals surface area contributed by atoms with Crippen molar-refractivity contribution in [3.63, 3.8) is 0 Å². The zero-order valence-corrected chi connectivity index (χ0v) is 11.4. The minimum Gasteiger partial charge on any atom is -0.384 e. The van der Waals surface area contributed by atoms with E-state index in [1.165, 1.54) is 50.1 Å². The average Bonchev–Trinajstić information content (AvgIpc) is 3.13. The van der Waals surface area contributed by atoms with Crippen LogP contribution in [0.2, 0.25) is 0 Å². The zero-order chi connectivity index (χ0) is 12.4. The Labute approximate surface area is 110 Å². The summed E-state index contributed by atoms with van der Waals surface area (Å²) in [6.07, 6.45) is 4.22. The third-order valence-corrected chi connectivity index (χ3v) is 4.39. The molecule has 0 spiro atoms. The largest absolute Gasteiger partial charge is 0.384 e. The predicted octanol–water partition coefficient (Wildman–Crippen LogP) is 3.32. The molecule has 1 unspecified atom stereocenters. The highest BCUT2D eigenvalue weighted by Crippen LogP contribution is 2.34. The number of nitrogens with zero attached hydrogens (tertiary/aromatic N) is 1. The number of hydrogen-bond acceptors (Lipinski definition) is 2. The van der Waals surface area contributed by atoms with E-state index in [0.29, 0.717) is 0 Å². The van der Waals surface area contributed by atoms with Gasteiger partial charge in [0.05, 0.1) is 0 Å². The van der Waals surface area contributed by atoms with Crippen molar-refractivity contribution in [2.75, 3.05) is 31.5 Å². The highest BCUT2D eigenvalue weighted by molar-refractivity contribution is 5.57. The summed E-state index contributed by atoms with van der Waals surface area (Å²) in [5.74, 6) is 1.73. The van der Waals surface area contributed by atoms with Crippen LogP contribution in [0, 0.1) is 5.92 Å². The van der Waals surface area contributed by atoms with Crippen molar-refractivity contribution in [1.82, 2.24) is 4.90 Å². The van der Waals surface area contributed by atoms with E-state index in [1.807, 2.05) is 0 Å². The van der Waals surface area contributed by atoms with Gasteiger partial charge in [-0.15, -0.1) is 0 Å². The van der Waals surface area contributed by atoms with Gasteiger partial charge in [0, 0.05) is 24.7 Å². The molecule has 1 saturated carbocycles. The maximum atomic E-state index is 3.53. The molecule has 0 bridgehead atoms. The minimum atomic E-state index is 0.717. The van der Waals surface area contributed by atoms with Crippen LogP contribution in [0.15, 0.2) is 24.3 Å². The second-order valence-corrected chi connectivity index (χ2v) is 5.79. The molecular weight excluding hydrogens is 220 g/mol. The van der Waals surface area contributed by atoms with Crippen LogP contribution in [-0.4, -0.2) is 31.1 Å². The van der Waals surface area contributed by atoms with Gasteiger partial charge < -0.3 is 10.2 Å². The van der Waals surface area contributed by atoms with Crippen molar-refractivity contribution in [3.8, 4) is 0 Å². The van der Waals surface area contributed by atoms with Crippen molar-refractivity contribution in [2.24, 2.45) is 5.92 Å². The first-order valence-corrected chi connectivity index (χ1v) is 7.42. The zero-order valence-electron chi connectivity index (χ0n) is 11.4. The van der Waals surface area contributed by atoms with E-state index < -0.39 is 0 Å². The monoisotopic (exact) mass is 244 g/mol. The van der Waals surface area contributed by atoms with Gasteiger partial charge in [0.25, 0.3) is 0 Å². The number of nitrogens with one attached hydrogen (secondary N) is 1. The topological polar surface area (TPSA) is 15.3 Å². The summed E-state index contributed by atoms with van der Waals surface area (Å²) in [6, 6.07) is 8.79. The first-order chi connectivity index (χ1) is 8.86. The Morgan fingerprint density at radius 2 is 2.11 bits per heavy atom. The highest BCUT2D eigenvalue weighted by Gasteiger charge is 2.25. The third-order valence-electron chi connectivity index (χ3n) is 4.39. The van der Waals surface area contributed by atoms with Gasteiger partial charge in [-0.3, -0.25) is 0 Å². The number of benzene rings is 1. The van der Waals surface area contributed by atoms with E-state index >= 15 is 0 Å². The summed E-state index contributed by atoms with van der Waals surface area (Å²) in [5.41, 5.74) is 2.88. The van der Waals surface area contributed by atoms with E-state index in [4.69, 9.17) is 0 Å². The summed E-state index contributed by atoms with van der Waals surface area (Å²) >= 11 is 0. The predicted molar refractivity (Wildman–Crippen MR) is 77.1 cm³/mol.